The quantitative estimate of drug-likeness (QED) is 0.671. The van der Waals surface area contributed by atoms with Crippen molar-refractivity contribution in [2.75, 3.05) is 13.1 Å². The molecule has 2 N–H and O–H groups in total. The maximum absolute atomic E-state index is 13.2. The molecule has 0 aromatic heterocycles. The zero-order valence-electron chi connectivity index (χ0n) is 19.4. The van der Waals surface area contributed by atoms with Crippen LogP contribution in [-0.4, -0.2) is 47.8 Å². The number of nitrogens with one attached hydrogen (secondary N) is 2. The molecule has 1 aliphatic heterocycles. The predicted molar refractivity (Wildman–Crippen MR) is 125 cm³/mol. The molecule has 0 bridgehead atoms. The van der Waals surface area contributed by atoms with Gasteiger partial charge >= 0.3 is 0 Å². The molecule has 1 heterocycles. The van der Waals surface area contributed by atoms with Crippen molar-refractivity contribution in [2.24, 2.45) is 5.92 Å². The first-order valence-corrected chi connectivity index (χ1v) is 11.5. The first kappa shape index (κ1) is 24.4. The van der Waals surface area contributed by atoms with E-state index >= 15 is 0 Å². The number of amides is 3. The summed E-state index contributed by atoms with van der Waals surface area (Å²) in [5, 5.41) is 5.82. The molecule has 1 aliphatic rings. The highest BCUT2D eigenvalue weighted by Gasteiger charge is 2.34. The van der Waals surface area contributed by atoms with Gasteiger partial charge in [-0.15, -0.1) is 0 Å². The highest BCUT2D eigenvalue weighted by molar-refractivity contribution is 5.97. The van der Waals surface area contributed by atoms with E-state index in [9.17, 15) is 18.8 Å². The van der Waals surface area contributed by atoms with E-state index in [2.05, 4.69) is 10.6 Å². The summed E-state index contributed by atoms with van der Waals surface area (Å²) >= 11 is 0. The van der Waals surface area contributed by atoms with Crippen LogP contribution in [0.3, 0.4) is 0 Å². The van der Waals surface area contributed by atoms with E-state index in [-0.39, 0.29) is 23.8 Å². The summed E-state index contributed by atoms with van der Waals surface area (Å²) in [7, 11) is 0. The Labute approximate surface area is 194 Å². The first-order chi connectivity index (χ1) is 15.8. The van der Waals surface area contributed by atoms with Gasteiger partial charge in [0.05, 0.1) is 0 Å². The number of hydrogen-bond acceptors (Lipinski definition) is 3. The van der Waals surface area contributed by atoms with Crippen LogP contribution in [0.5, 0.6) is 0 Å². The summed E-state index contributed by atoms with van der Waals surface area (Å²) in [5.41, 5.74) is 1.98. The summed E-state index contributed by atoms with van der Waals surface area (Å²) < 4.78 is 13.2. The van der Waals surface area contributed by atoms with Crippen LogP contribution in [0.4, 0.5) is 4.39 Å². The molecular formula is C26H32FN3O3. The third-order valence-electron chi connectivity index (χ3n) is 6.24. The smallest absolute Gasteiger partial charge is 0.253 e. The van der Waals surface area contributed by atoms with E-state index in [1.807, 2.05) is 45.0 Å². The van der Waals surface area contributed by atoms with Crippen LogP contribution in [0.2, 0.25) is 0 Å². The van der Waals surface area contributed by atoms with Crippen molar-refractivity contribution in [2.45, 2.75) is 52.1 Å². The maximum Gasteiger partial charge on any atom is 0.253 e. The number of hydrogen-bond donors (Lipinski definition) is 2. The van der Waals surface area contributed by atoms with E-state index in [0.29, 0.717) is 37.1 Å². The van der Waals surface area contributed by atoms with Crippen LogP contribution < -0.4 is 10.6 Å². The number of nitrogens with zero attached hydrogens (tertiary/aromatic N) is 1. The van der Waals surface area contributed by atoms with Crippen LogP contribution in [0, 0.1) is 18.7 Å². The lowest BCUT2D eigenvalue weighted by atomic mass is 9.88. The predicted octanol–water partition coefficient (Wildman–Crippen LogP) is 3.70. The van der Waals surface area contributed by atoms with Crippen molar-refractivity contribution in [3.8, 4) is 0 Å². The van der Waals surface area contributed by atoms with Gasteiger partial charge in [0.25, 0.3) is 11.8 Å². The van der Waals surface area contributed by atoms with Gasteiger partial charge in [-0.3, -0.25) is 14.4 Å². The number of halogens is 1. The number of piperidine rings is 1. The molecule has 176 valence electrons. The topological polar surface area (TPSA) is 78.5 Å². The second kappa shape index (κ2) is 11.1. The molecule has 6 nitrogen and oxygen atoms in total. The average molecular weight is 454 g/mol. The fraction of sp³-hybridized carbons (Fsp3) is 0.423. The molecular weight excluding hydrogens is 421 g/mol. The van der Waals surface area contributed by atoms with Crippen molar-refractivity contribution >= 4 is 17.7 Å². The zero-order chi connectivity index (χ0) is 24.0. The minimum Gasteiger partial charge on any atom is -0.352 e. The first-order valence-electron chi connectivity index (χ1n) is 11.5. The molecule has 33 heavy (non-hydrogen) atoms. The van der Waals surface area contributed by atoms with E-state index in [0.717, 1.165) is 12.0 Å². The second-order valence-corrected chi connectivity index (χ2v) is 8.78. The van der Waals surface area contributed by atoms with Crippen molar-refractivity contribution < 1.29 is 18.8 Å². The minimum absolute atomic E-state index is 0.0203. The lowest BCUT2D eigenvalue weighted by Gasteiger charge is -2.36. The second-order valence-electron chi connectivity index (χ2n) is 8.78. The molecule has 3 amide bonds. The molecule has 7 heteroatoms. The molecule has 1 fully saturated rings. The third kappa shape index (κ3) is 6.40. The summed E-state index contributed by atoms with van der Waals surface area (Å²) in [4.78, 5) is 40.5. The molecule has 2 aromatic carbocycles. The molecule has 3 rings (SSSR count). The van der Waals surface area contributed by atoms with Gasteiger partial charge in [-0.05, 0) is 75.4 Å². The molecule has 0 saturated carbocycles. The maximum atomic E-state index is 13.2. The van der Waals surface area contributed by atoms with E-state index in [4.69, 9.17) is 0 Å². The van der Waals surface area contributed by atoms with Crippen molar-refractivity contribution in [1.82, 2.24) is 15.5 Å². The Morgan fingerprint density at radius 2 is 1.70 bits per heavy atom. The van der Waals surface area contributed by atoms with Crippen LogP contribution in [0.25, 0.3) is 0 Å². The Balaban J connectivity index is 1.70. The Hall–Kier alpha value is -3.22. The van der Waals surface area contributed by atoms with Gasteiger partial charge in [-0.2, -0.15) is 0 Å². The van der Waals surface area contributed by atoms with Gasteiger partial charge in [0.15, 0.2) is 0 Å². The Morgan fingerprint density at radius 3 is 2.30 bits per heavy atom. The SMILES string of the molecule is CC[C@@H](C)NC(=O)[C@@H](NC(=O)c1ccc(F)cc1)C1CCN(C(=O)c2cccc(C)c2)CC1. The summed E-state index contributed by atoms with van der Waals surface area (Å²) in [6.07, 6.45) is 1.97. The Bertz CT molecular complexity index is 985. The molecule has 0 radical (unpaired) electrons. The Morgan fingerprint density at radius 1 is 1.03 bits per heavy atom. The Kier molecular flexibility index (Phi) is 8.20. The fourth-order valence-electron chi connectivity index (χ4n) is 4.05. The zero-order valence-corrected chi connectivity index (χ0v) is 19.4. The normalized spacial score (nSPS) is 16.1. The minimum atomic E-state index is -0.729. The molecule has 2 aromatic rings. The van der Waals surface area contributed by atoms with Gasteiger partial charge in [-0.1, -0.05) is 24.6 Å². The summed E-state index contributed by atoms with van der Waals surface area (Å²) in [6, 6.07) is 12.0. The van der Waals surface area contributed by atoms with Crippen LogP contribution in [-0.2, 0) is 4.79 Å². The highest BCUT2D eigenvalue weighted by Crippen LogP contribution is 2.23. The summed E-state index contributed by atoms with van der Waals surface area (Å²) in [6.45, 7) is 6.87. The van der Waals surface area contributed by atoms with Gasteiger partial charge < -0.3 is 15.5 Å². The molecule has 0 unspecified atom stereocenters. The van der Waals surface area contributed by atoms with Crippen LogP contribution >= 0.6 is 0 Å². The number of likely N-dealkylation sites (tertiary alicyclic amines) is 1. The van der Waals surface area contributed by atoms with Crippen molar-refractivity contribution in [1.29, 1.82) is 0 Å². The van der Waals surface area contributed by atoms with Gasteiger partial charge in [0, 0.05) is 30.3 Å². The van der Waals surface area contributed by atoms with E-state index in [1.54, 1.807) is 4.90 Å². The van der Waals surface area contributed by atoms with E-state index < -0.39 is 17.8 Å². The summed E-state index contributed by atoms with van der Waals surface area (Å²) in [5.74, 6) is -1.21. The number of carbonyl (C=O) groups excluding carboxylic acids is 3. The number of benzene rings is 2. The highest BCUT2D eigenvalue weighted by atomic mass is 19.1. The third-order valence-corrected chi connectivity index (χ3v) is 6.24. The fourth-order valence-corrected chi connectivity index (χ4v) is 4.05. The number of rotatable bonds is 7. The van der Waals surface area contributed by atoms with Crippen LogP contribution in [0.15, 0.2) is 48.5 Å². The van der Waals surface area contributed by atoms with Crippen LogP contribution in [0.1, 0.15) is 59.4 Å². The van der Waals surface area contributed by atoms with E-state index in [1.165, 1.54) is 24.3 Å². The lowest BCUT2D eigenvalue weighted by molar-refractivity contribution is -0.125. The molecule has 0 spiro atoms. The largest absolute Gasteiger partial charge is 0.352 e. The molecule has 0 aliphatic carbocycles. The number of aryl methyl sites for hydroxylation is 1. The van der Waals surface area contributed by atoms with Gasteiger partial charge in [0.1, 0.15) is 11.9 Å². The standard InChI is InChI=1S/C26H32FN3O3/c1-4-18(3)28-25(32)23(29-24(31)20-8-10-22(27)11-9-20)19-12-14-30(15-13-19)26(33)21-7-5-6-17(2)16-21/h5-11,16,18-19,23H,4,12-15H2,1-3H3,(H,28,32)(H,29,31)/t18-,23+/m1/s1. The number of carbonyl (C=O) groups is 3. The lowest BCUT2D eigenvalue weighted by Crippen LogP contribution is -2.55. The monoisotopic (exact) mass is 453 g/mol. The average Bonchev–Trinajstić information content (AvgIpc) is 2.82. The molecule has 2 atom stereocenters. The van der Waals surface area contributed by atoms with Crippen molar-refractivity contribution in [3.63, 3.8) is 0 Å². The molecule has 1 saturated heterocycles. The van der Waals surface area contributed by atoms with Gasteiger partial charge in [0.2, 0.25) is 5.91 Å². The van der Waals surface area contributed by atoms with Gasteiger partial charge in [-0.25, -0.2) is 4.39 Å². The van der Waals surface area contributed by atoms with Crippen molar-refractivity contribution in [3.05, 3.63) is 71.0 Å².